The quantitative estimate of drug-likeness (QED) is 0.752. The minimum Gasteiger partial charge on any atom is -0.439 e. The standard InChI is InChI=1S/C16H22N2O/c1-3-5-11-18(4-2)13-16-17-12-15(19-16)14-9-7-6-8-10-14/h6-10,12H,3-5,11,13H2,1-2H3. The smallest absolute Gasteiger partial charge is 0.209 e. The number of nitrogens with zero attached hydrogens (tertiary/aromatic N) is 2. The van der Waals surface area contributed by atoms with Crippen molar-refractivity contribution in [2.45, 2.75) is 33.2 Å². The fourth-order valence-corrected chi connectivity index (χ4v) is 2.04. The molecule has 1 heterocycles. The summed E-state index contributed by atoms with van der Waals surface area (Å²) in [6, 6.07) is 10.1. The van der Waals surface area contributed by atoms with Crippen molar-refractivity contribution in [1.82, 2.24) is 9.88 Å². The largest absolute Gasteiger partial charge is 0.439 e. The second-order valence-corrected chi connectivity index (χ2v) is 4.71. The zero-order chi connectivity index (χ0) is 13.5. The molecule has 2 rings (SSSR count). The van der Waals surface area contributed by atoms with Crippen LogP contribution in [0.25, 0.3) is 11.3 Å². The molecule has 0 aliphatic carbocycles. The van der Waals surface area contributed by atoms with Crippen molar-refractivity contribution in [2.24, 2.45) is 0 Å². The third kappa shape index (κ3) is 3.93. The first kappa shape index (κ1) is 13.8. The molecule has 1 aromatic heterocycles. The van der Waals surface area contributed by atoms with Crippen LogP contribution in [0.3, 0.4) is 0 Å². The summed E-state index contributed by atoms with van der Waals surface area (Å²) in [6.07, 6.45) is 4.26. The molecule has 3 heteroatoms. The van der Waals surface area contributed by atoms with Crippen LogP contribution in [0.5, 0.6) is 0 Å². The SMILES string of the molecule is CCCCN(CC)Cc1ncc(-c2ccccc2)o1. The molecule has 102 valence electrons. The van der Waals surface area contributed by atoms with Crippen molar-refractivity contribution >= 4 is 0 Å². The van der Waals surface area contributed by atoms with Crippen LogP contribution < -0.4 is 0 Å². The first-order valence-corrected chi connectivity index (χ1v) is 7.06. The van der Waals surface area contributed by atoms with E-state index in [1.54, 1.807) is 0 Å². The van der Waals surface area contributed by atoms with Crippen molar-refractivity contribution in [1.29, 1.82) is 0 Å². The van der Waals surface area contributed by atoms with Crippen LogP contribution in [0.2, 0.25) is 0 Å². The van der Waals surface area contributed by atoms with Gasteiger partial charge in [-0.2, -0.15) is 0 Å². The van der Waals surface area contributed by atoms with Gasteiger partial charge in [-0.3, -0.25) is 4.90 Å². The Balaban J connectivity index is 2.01. The Labute approximate surface area is 115 Å². The van der Waals surface area contributed by atoms with Gasteiger partial charge in [0.2, 0.25) is 5.89 Å². The van der Waals surface area contributed by atoms with E-state index in [2.05, 4.69) is 23.7 Å². The molecule has 0 unspecified atom stereocenters. The van der Waals surface area contributed by atoms with Crippen LogP contribution >= 0.6 is 0 Å². The van der Waals surface area contributed by atoms with Crippen molar-refractivity contribution in [3.8, 4) is 11.3 Å². The maximum Gasteiger partial charge on any atom is 0.209 e. The summed E-state index contributed by atoms with van der Waals surface area (Å²) < 4.78 is 5.83. The van der Waals surface area contributed by atoms with E-state index >= 15 is 0 Å². The van der Waals surface area contributed by atoms with E-state index < -0.39 is 0 Å². The molecule has 0 fully saturated rings. The minimum absolute atomic E-state index is 0.795. The molecular formula is C16H22N2O. The molecule has 0 aliphatic heterocycles. The van der Waals surface area contributed by atoms with Gasteiger partial charge < -0.3 is 4.42 Å². The zero-order valence-corrected chi connectivity index (χ0v) is 11.8. The molecule has 0 bridgehead atoms. The van der Waals surface area contributed by atoms with Crippen LogP contribution in [-0.4, -0.2) is 23.0 Å². The summed E-state index contributed by atoms with van der Waals surface area (Å²) in [6.45, 7) is 7.33. The molecule has 0 saturated carbocycles. The number of hydrogen-bond acceptors (Lipinski definition) is 3. The molecule has 0 amide bonds. The summed E-state index contributed by atoms with van der Waals surface area (Å²) in [5.41, 5.74) is 1.08. The minimum atomic E-state index is 0.795. The van der Waals surface area contributed by atoms with Crippen LogP contribution in [0.4, 0.5) is 0 Å². The van der Waals surface area contributed by atoms with Gasteiger partial charge in [-0.05, 0) is 19.5 Å². The predicted molar refractivity (Wildman–Crippen MR) is 77.8 cm³/mol. The van der Waals surface area contributed by atoms with E-state index in [0.29, 0.717) is 0 Å². The lowest BCUT2D eigenvalue weighted by Crippen LogP contribution is -2.24. The lowest BCUT2D eigenvalue weighted by Gasteiger charge is -2.17. The lowest BCUT2D eigenvalue weighted by atomic mass is 10.2. The zero-order valence-electron chi connectivity index (χ0n) is 11.8. The Morgan fingerprint density at radius 2 is 1.95 bits per heavy atom. The van der Waals surface area contributed by atoms with Gasteiger partial charge in [0.1, 0.15) is 0 Å². The number of rotatable bonds is 7. The molecular weight excluding hydrogens is 236 g/mol. The molecule has 0 spiro atoms. The normalized spacial score (nSPS) is 11.1. The molecule has 0 aliphatic rings. The van der Waals surface area contributed by atoms with Gasteiger partial charge in [0, 0.05) is 5.56 Å². The number of unbranched alkanes of at least 4 members (excludes halogenated alkanes) is 1. The molecule has 0 atom stereocenters. The molecule has 1 aromatic carbocycles. The first-order valence-electron chi connectivity index (χ1n) is 7.06. The molecule has 3 nitrogen and oxygen atoms in total. The maximum atomic E-state index is 5.83. The monoisotopic (exact) mass is 258 g/mol. The Bertz CT molecular complexity index is 479. The molecule has 0 N–H and O–H groups in total. The van der Waals surface area contributed by atoms with E-state index in [1.807, 2.05) is 36.5 Å². The van der Waals surface area contributed by atoms with Crippen molar-refractivity contribution < 1.29 is 4.42 Å². The highest BCUT2D eigenvalue weighted by Gasteiger charge is 2.09. The number of benzene rings is 1. The van der Waals surface area contributed by atoms with E-state index in [-0.39, 0.29) is 0 Å². The molecule has 0 saturated heterocycles. The van der Waals surface area contributed by atoms with Crippen LogP contribution in [0, 0.1) is 0 Å². The van der Waals surface area contributed by atoms with Crippen LogP contribution in [-0.2, 0) is 6.54 Å². The summed E-state index contributed by atoms with van der Waals surface area (Å²) in [5.74, 6) is 1.65. The molecule has 2 aromatic rings. The van der Waals surface area contributed by atoms with Crippen LogP contribution in [0.15, 0.2) is 40.9 Å². The van der Waals surface area contributed by atoms with E-state index in [1.165, 1.54) is 12.8 Å². The Morgan fingerprint density at radius 3 is 2.63 bits per heavy atom. The number of aromatic nitrogens is 1. The van der Waals surface area contributed by atoms with Gasteiger partial charge in [-0.25, -0.2) is 4.98 Å². The van der Waals surface area contributed by atoms with Crippen LogP contribution in [0.1, 0.15) is 32.6 Å². The van der Waals surface area contributed by atoms with Crippen molar-refractivity contribution in [3.63, 3.8) is 0 Å². The average Bonchev–Trinajstić information content (AvgIpc) is 2.93. The Kier molecular flexibility index (Phi) is 5.16. The van der Waals surface area contributed by atoms with E-state index in [0.717, 1.165) is 36.8 Å². The topological polar surface area (TPSA) is 29.3 Å². The average molecular weight is 258 g/mol. The summed E-state index contributed by atoms with van der Waals surface area (Å²) >= 11 is 0. The van der Waals surface area contributed by atoms with Gasteiger partial charge in [-0.15, -0.1) is 0 Å². The van der Waals surface area contributed by atoms with Gasteiger partial charge in [-0.1, -0.05) is 50.6 Å². The third-order valence-corrected chi connectivity index (χ3v) is 3.25. The van der Waals surface area contributed by atoms with Crippen molar-refractivity contribution in [2.75, 3.05) is 13.1 Å². The molecule has 0 radical (unpaired) electrons. The first-order chi connectivity index (χ1) is 9.33. The second kappa shape index (κ2) is 7.10. The number of oxazole rings is 1. The number of hydrogen-bond donors (Lipinski definition) is 0. The van der Waals surface area contributed by atoms with Gasteiger partial charge >= 0.3 is 0 Å². The highest BCUT2D eigenvalue weighted by Crippen LogP contribution is 2.20. The fraction of sp³-hybridized carbons (Fsp3) is 0.438. The van der Waals surface area contributed by atoms with E-state index in [4.69, 9.17) is 4.42 Å². The maximum absolute atomic E-state index is 5.83. The Hall–Kier alpha value is -1.61. The fourth-order valence-electron chi connectivity index (χ4n) is 2.04. The van der Waals surface area contributed by atoms with E-state index in [9.17, 15) is 0 Å². The molecule has 19 heavy (non-hydrogen) atoms. The van der Waals surface area contributed by atoms with Gasteiger partial charge in [0.25, 0.3) is 0 Å². The highest BCUT2D eigenvalue weighted by molar-refractivity contribution is 5.55. The lowest BCUT2D eigenvalue weighted by molar-refractivity contribution is 0.248. The Morgan fingerprint density at radius 1 is 1.16 bits per heavy atom. The second-order valence-electron chi connectivity index (χ2n) is 4.71. The predicted octanol–water partition coefficient (Wildman–Crippen LogP) is 3.96. The van der Waals surface area contributed by atoms with Gasteiger partial charge in [0.05, 0.1) is 12.7 Å². The summed E-state index contributed by atoms with van der Waals surface area (Å²) in [4.78, 5) is 6.75. The summed E-state index contributed by atoms with van der Waals surface area (Å²) in [7, 11) is 0. The highest BCUT2D eigenvalue weighted by atomic mass is 16.4. The summed E-state index contributed by atoms with van der Waals surface area (Å²) in [5, 5.41) is 0. The van der Waals surface area contributed by atoms with Crippen molar-refractivity contribution in [3.05, 3.63) is 42.4 Å². The van der Waals surface area contributed by atoms with Gasteiger partial charge in [0.15, 0.2) is 5.76 Å². The third-order valence-electron chi connectivity index (χ3n) is 3.25.